The summed E-state index contributed by atoms with van der Waals surface area (Å²) in [6, 6.07) is 4.29. The van der Waals surface area contributed by atoms with Crippen molar-refractivity contribution in [1.82, 2.24) is 9.97 Å². The van der Waals surface area contributed by atoms with Crippen LogP contribution in [0, 0.1) is 0 Å². The van der Waals surface area contributed by atoms with Crippen LogP contribution in [0.3, 0.4) is 0 Å². The lowest BCUT2D eigenvalue weighted by Gasteiger charge is -2.20. The van der Waals surface area contributed by atoms with Crippen LogP contribution in [0.1, 0.15) is 52.8 Å². The molecule has 0 fully saturated rings. The molecular weight excluding hydrogens is 208 g/mol. The van der Waals surface area contributed by atoms with E-state index in [9.17, 15) is 0 Å². The van der Waals surface area contributed by atoms with E-state index in [-0.39, 0.29) is 10.8 Å². The Hall–Kier alpha value is -1.31. The maximum absolute atomic E-state index is 4.46. The number of H-pyrrole nitrogens is 1. The molecule has 17 heavy (non-hydrogen) atoms. The number of nitrogens with zero attached hydrogens (tertiary/aromatic N) is 1. The van der Waals surface area contributed by atoms with Crippen LogP contribution in [0.2, 0.25) is 0 Å². The van der Waals surface area contributed by atoms with Gasteiger partial charge < -0.3 is 4.98 Å². The fraction of sp³-hybridized carbons (Fsp3) is 0.533. The Balaban J connectivity index is 2.70. The topological polar surface area (TPSA) is 28.7 Å². The lowest BCUT2D eigenvalue weighted by Crippen LogP contribution is -2.13. The van der Waals surface area contributed by atoms with Gasteiger partial charge in [0.15, 0.2) is 0 Å². The first-order chi connectivity index (χ1) is 7.69. The summed E-state index contributed by atoms with van der Waals surface area (Å²) in [5.74, 6) is 0. The number of nitrogens with one attached hydrogen (secondary N) is 1. The highest BCUT2D eigenvalue weighted by Crippen LogP contribution is 2.31. The summed E-state index contributed by atoms with van der Waals surface area (Å²) < 4.78 is 0. The molecular formula is C15H22N2. The zero-order chi connectivity index (χ0) is 12.8. The molecule has 0 amide bonds. The Morgan fingerprint density at radius 1 is 1.00 bits per heavy atom. The zero-order valence-electron chi connectivity index (χ0n) is 11.7. The van der Waals surface area contributed by atoms with Gasteiger partial charge in [0, 0.05) is 17.3 Å². The van der Waals surface area contributed by atoms with E-state index < -0.39 is 0 Å². The van der Waals surface area contributed by atoms with Gasteiger partial charge in [-0.2, -0.15) is 0 Å². The van der Waals surface area contributed by atoms with E-state index >= 15 is 0 Å². The van der Waals surface area contributed by atoms with Crippen LogP contribution in [0.25, 0.3) is 11.0 Å². The zero-order valence-corrected chi connectivity index (χ0v) is 11.7. The van der Waals surface area contributed by atoms with Crippen molar-refractivity contribution in [2.24, 2.45) is 0 Å². The lowest BCUT2D eigenvalue weighted by atomic mass is 9.87. The molecule has 0 bridgehead atoms. The van der Waals surface area contributed by atoms with E-state index in [2.05, 4.69) is 63.6 Å². The molecule has 0 radical (unpaired) electrons. The normalized spacial score (nSPS) is 13.3. The third-order valence-electron chi connectivity index (χ3n) is 3.14. The molecule has 2 aromatic heterocycles. The van der Waals surface area contributed by atoms with Gasteiger partial charge in [0.2, 0.25) is 0 Å². The van der Waals surface area contributed by atoms with E-state index in [4.69, 9.17) is 0 Å². The monoisotopic (exact) mass is 230 g/mol. The van der Waals surface area contributed by atoms with Crippen molar-refractivity contribution in [2.45, 2.75) is 52.4 Å². The summed E-state index contributed by atoms with van der Waals surface area (Å²) in [6.07, 6.45) is 1.91. The molecule has 2 heterocycles. The summed E-state index contributed by atoms with van der Waals surface area (Å²) in [6.45, 7) is 13.4. The highest BCUT2D eigenvalue weighted by Gasteiger charge is 2.21. The maximum atomic E-state index is 4.46. The molecule has 0 aliphatic rings. The standard InChI is InChI=1S/C15H22N2/c1-14(2,3)10-7-8-16-11-9-12(15(4,5)6)17-13(10)11/h7-9,17H,1-6H3. The molecule has 2 nitrogen and oxygen atoms in total. The molecule has 2 heteroatoms. The molecule has 0 aliphatic heterocycles. The average molecular weight is 230 g/mol. The fourth-order valence-corrected chi connectivity index (χ4v) is 2.06. The smallest absolute Gasteiger partial charge is 0.0884 e. The van der Waals surface area contributed by atoms with Gasteiger partial charge >= 0.3 is 0 Å². The second kappa shape index (κ2) is 3.59. The van der Waals surface area contributed by atoms with Crippen LogP contribution in [0.4, 0.5) is 0 Å². The minimum Gasteiger partial charge on any atom is -0.356 e. The van der Waals surface area contributed by atoms with Crippen LogP contribution >= 0.6 is 0 Å². The summed E-state index contributed by atoms with van der Waals surface area (Å²) in [5, 5.41) is 0. The Labute approximate surface area is 103 Å². The molecule has 2 rings (SSSR count). The van der Waals surface area contributed by atoms with Crippen LogP contribution in [0.5, 0.6) is 0 Å². The summed E-state index contributed by atoms with van der Waals surface area (Å²) in [5.41, 5.74) is 5.11. The highest BCUT2D eigenvalue weighted by molar-refractivity contribution is 5.80. The number of aromatic nitrogens is 2. The molecule has 0 saturated heterocycles. The minimum absolute atomic E-state index is 0.135. The second-order valence-electron chi connectivity index (χ2n) is 6.80. The van der Waals surface area contributed by atoms with Crippen LogP contribution in [-0.2, 0) is 10.8 Å². The van der Waals surface area contributed by atoms with Crippen molar-refractivity contribution in [3.8, 4) is 0 Å². The van der Waals surface area contributed by atoms with Gasteiger partial charge in [0.1, 0.15) is 0 Å². The fourth-order valence-electron chi connectivity index (χ4n) is 2.06. The number of hydrogen-bond donors (Lipinski definition) is 1. The van der Waals surface area contributed by atoms with Crippen molar-refractivity contribution in [2.75, 3.05) is 0 Å². The maximum Gasteiger partial charge on any atom is 0.0884 e. The van der Waals surface area contributed by atoms with E-state index in [1.54, 1.807) is 0 Å². The first-order valence-electron chi connectivity index (χ1n) is 6.18. The molecule has 0 spiro atoms. The molecule has 0 atom stereocenters. The van der Waals surface area contributed by atoms with Crippen molar-refractivity contribution >= 4 is 11.0 Å². The summed E-state index contributed by atoms with van der Waals surface area (Å²) in [4.78, 5) is 8.01. The Morgan fingerprint density at radius 3 is 2.18 bits per heavy atom. The van der Waals surface area contributed by atoms with Gasteiger partial charge in [0.25, 0.3) is 0 Å². The van der Waals surface area contributed by atoms with Gasteiger partial charge in [-0.3, -0.25) is 4.98 Å². The molecule has 2 aromatic rings. The van der Waals surface area contributed by atoms with Gasteiger partial charge in [-0.05, 0) is 23.1 Å². The molecule has 0 saturated carbocycles. The third kappa shape index (κ3) is 2.21. The molecule has 92 valence electrons. The predicted octanol–water partition coefficient (Wildman–Crippen LogP) is 4.16. The lowest BCUT2D eigenvalue weighted by molar-refractivity contribution is 0.571. The van der Waals surface area contributed by atoms with E-state index in [1.807, 2.05) is 6.20 Å². The number of aromatic amines is 1. The average Bonchev–Trinajstić information content (AvgIpc) is 2.57. The Kier molecular flexibility index (Phi) is 2.57. The number of rotatable bonds is 0. The Bertz CT molecular complexity index is 536. The van der Waals surface area contributed by atoms with Crippen LogP contribution < -0.4 is 0 Å². The van der Waals surface area contributed by atoms with E-state index in [0.29, 0.717) is 0 Å². The number of fused-ring (bicyclic) bond motifs is 1. The van der Waals surface area contributed by atoms with Crippen LogP contribution in [-0.4, -0.2) is 9.97 Å². The minimum atomic E-state index is 0.135. The first-order valence-corrected chi connectivity index (χ1v) is 6.18. The summed E-state index contributed by atoms with van der Waals surface area (Å²) >= 11 is 0. The SMILES string of the molecule is CC(C)(C)c1cc2nccc(C(C)(C)C)c2[nH]1. The quantitative estimate of drug-likeness (QED) is 0.723. The molecule has 0 aliphatic carbocycles. The molecule has 0 aromatic carbocycles. The largest absolute Gasteiger partial charge is 0.356 e. The van der Waals surface area contributed by atoms with Crippen molar-refractivity contribution in [3.05, 3.63) is 29.6 Å². The van der Waals surface area contributed by atoms with Crippen molar-refractivity contribution < 1.29 is 0 Å². The molecule has 1 N–H and O–H groups in total. The molecule has 0 unspecified atom stereocenters. The van der Waals surface area contributed by atoms with E-state index in [1.165, 1.54) is 16.8 Å². The van der Waals surface area contributed by atoms with Gasteiger partial charge in [0.05, 0.1) is 11.0 Å². The number of hydrogen-bond acceptors (Lipinski definition) is 1. The van der Waals surface area contributed by atoms with Gasteiger partial charge in [-0.25, -0.2) is 0 Å². The van der Waals surface area contributed by atoms with Gasteiger partial charge in [-0.15, -0.1) is 0 Å². The van der Waals surface area contributed by atoms with Gasteiger partial charge in [-0.1, -0.05) is 41.5 Å². The number of pyridine rings is 1. The predicted molar refractivity (Wildman–Crippen MR) is 73.5 cm³/mol. The Morgan fingerprint density at radius 2 is 1.65 bits per heavy atom. The highest BCUT2D eigenvalue weighted by atomic mass is 14.8. The van der Waals surface area contributed by atoms with E-state index in [0.717, 1.165) is 5.52 Å². The van der Waals surface area contributed by atoms with Crippen LogP contribution in [0.15, 0.2) is 18.3 Å². The van der Waals surface area contributed by atoms with Crippen molar-refractivity contribution in [1.29, 1.82) is 0 Å². The summed E-state index contributed by atoms with van der Waals surface area (Å²) in [7, 11) is 0. The second-order valence-corrected chi connectivity index (χ2v) is 6.80. The first kappa shape index (κ1) is 12.2. The van der Waals surface area contributed by atoms with Crippen molar-refractivity contribution in [3.63, 3.8) is 0 Å². The third-order valence-corrected chi connectivity index (χ3v) is 3.14.